The number of nitrogens with zero attached hydrogens (tertiary/aromatic N) is 3. The average Bonchev–Trinajstić information content (AvgIpc) is 2.87. The number of aromatic nitrogens is 4. The SMILES string of the molecule is Cc1n[nH]c(C)c1CNCCc1ncno1. The molecule has 2 aromatic heterocycles. The van der Waals surface area contributed by atoms with E-state index in [-0.39, 0.29) is 0 Å². The van der Waals surface area contributed by atoms with Crippen LogP contribution in [0.5, 0.6) is 0 Å². The predicted octanol–water partition coefficient (Wildman–Crippen LogP) is 0.742. The van der Waals surface area contributed by atoms with Crippen LogP contribution < -0.4 is 5.32 Å². The number of rotatable bonds is 5. The lowest BCUT2D eigenvalue weighted by Gasteiger charge is -2.02. The molecule has 2 N–H and O–H groups in total. The van der Waals surface area contributed by atoms with Gasteiger partial charge in [-0.25, -0.2) is 0 Å². The quantitative estimate of drug-likeness (QED) is 0.728. The molecule has 0 saturated carbocycles. The van der Waals surface area contributed by atoms with Crippen LogP contribution in [0.3, 0.4) is 0 Å². The summed E-state index contributed by atoms with van der Waals surface area (Å²) in [4.78, 5) is 3.95. The van der Waals surface area contributed by atoms with Crippen molar-refractivity contribution in [3.63, 3.8) is 0 Å². The minimum Gasteiger partial charge on any atom is -0.340 e. The van der Waals surface area contributed by atoms with E-state index in [0.29, 0.717) is 5.89 Å². The Bertz CT molecular complexity index is 415. The zero-order valence-corrected chi connectivity index (χ0v) is 9.45. The van der Waals surface area contributed by atoms with Gasteiger partial charge in [-0.1, -0.05) is 5.16 Å². The third kappa shape index (κ3) is 2.46. The molecule has 0 bridgehead atoms. The highest BCUT2D eigenvalue weighted by molar-refractivity contribution is 5.22. The standard InChI is InChI=1S/C10H15N5O/c1-7-9(8(2)15-14-7)5-11-4-3-10-12-6-13-16-10/h6,11H,3-5H2,1-2H3,(H,14,15). The van der Waals surface area contributed by atoms with E-state index in [9.17, 15) is 0 Å². The van der Waals surface area contributed by atoms with Gasteiger partial charge in [0.15, 0.2) is 6.33 Å². The summed E-state index contributed by atoms with van der Waals surface area (Å²) in [5, 5.41) is 14.0. The second-order valence-electron chi connectivity index (χ2n) is 3.67. The molecule has 0 amide bonds. The number of H-pyrrole nitrogens is 1. The molecule has 0 aliphatic heterocycles. The van der Waals surface area contributed by atoms with Gasteiger partial charge in [-0.15, -0.1) is 0 Å². The highest BCUT2D eigenvalue weighted by Gasteiger charge is 2.05. The van der Waals surface area contributed by atoms with E-state index in [4.69, 9.17) is 4.52 Å². The molecule has 2 heterocycles. The normalized spacial score (nSPS) is 10.9. The van der Waals surface area contributed by atoms with Gasteiger partial charge in [0.25, 0.3) is 0 Å². The Balaban J connectivity index is 1.76. The summed E-state index contributed by atoms with van der Waals surface area (Å²) in [6.45, 7) is 5.64. The monoisotopic (exact) mass is 221 g/mol. The van der Waals surface area contributed by atoms with Gasteiger partial charge < -0.3 is 9.84 Å². The first-order chi connectivity index (χ1) is 7.77. The van der Waals surface area contributed by atoms with Gasteiger partial charge >= 0.3 is 0 Å². The van der Waals surface area contributed by atoms with Crippen LogP contribution in [-0.2, 0) is 13.0 Å². The Hall–Kier alpha value is -1.69. The molecule has 0 spiro atoms. The number of nitrogens with one attached hydrogen (secondary N) is 2. The maximum absolute atomic E-state index is 4.90. The number of hydrogen-bond donors (Lipinski definition) is 2. The van der Waals surface area contributed by atoms with Crippen molar-refractivity contribution in [3.05, 3.63) is 29.2 Å². The molecule has 0 fully saturated rings. The van der Waals surface area contributed by atoms with Crippen LogP contribution in [0.4, 0.5) is 0 Å². The molecule has 6 nitrogen and oxygen atoms in total. The smallest absolute Gasteiger partial charge is 0.227 e. The molecule has 0 radical (unpaired) electrons. The Morgan fingerprint density at radius 1 is 1.44 bits per heavy atom. The van der Waals surface area contributed by atoms with Gasteiger partial charge in [0, 0.05) is 30.8 Å². The largest absolute Gasteiger partial charge is 0.340 e. The Morgan fingerprint density at radius 2 is 2.31 bits per heavy atom. The van der Waals surface area contributed by atoms with Crippen molar-refractivity contribution in [2.45, 2.75) is 26.8 Å². The maximum Gasteiger partial charge on any atom is 0.227 e. The van der Waals surface area contributed by atoms with Gasteiger partial charge in [-0.2, -0.15) is 10.1 Å². The molecule has 2 aromatic rings. The number of aromatic amines is 1. The van der Waals surface area contributed by atoms with Crippen molar-refractivity contribution in [1.82, 2.24) is 25.7 Å². The Kier molecular flexibility index (Phi) is 3.31. The molecule has 2 rings (SSSR count). The maximum atomic E-state index is 4.90. The zero-order chi connectivity index (χ0) is 11.4. The van der Waals surface area contributed by atoms with Crippen LogP contribution >= 0.6 is 0 Å². The fourth-order valence-electron chi connectivity index (χ4n) is 1.55. The van der Waals surface area contributed by atoms with Crippen molar-refractivity contribution >= 4 is 0 Å². The summed E-state index contributed by atoms with van der Waals surface area (Å²) < 4.78 is 4.90. The third-order valence-electron chi connectivity index (χ3n) is 2.51. The molecule has 0 saturated heterocycles. The highest BCUT2D eigenvalue weighted by Crippen LogP contribution is 2.08. The summed E-state index contributed by atoms with van der Waals surface area (Å²) in [6, 6.07) is 0. The van der Waals surface area contributed by atoms with E-state index in [0.717, 1.165) is 30.9 Å². The molecule has 6 heteroatoms. The summed E-state index contributed by atoms with van der Waals surface area (Å²) in [6.07, 6.45) is 2.16. The van der Waals surface area contributed by atoms with Crippen LogP contribution in [0.2, 0.25) is 0 Å². The lowest BCUT2D eigenvalue weighted by Crippen LogP contribution is -2.17. The topological polar surface area (TPSA) is 79.6 Å². The van der Waals surface area contributed by atoms with Crippen molar-refractivity contribution in [1.29, 1.82) is 0 Å². The summed E-state index contributed by atoms with van der Waals surface area (Å²) >= 11 is 0. The van der Waals surface area contributed by atoms with E-state index in [2.05, 4.69) is 25.7 Å². The Morgan fingerprint density at radius 3 is 2.94 bits per heavy atom. The third-order valence-corrected chi connectivity index (χ3v) is 2.51. The van der Waals surface area contributed by atoms with Crippen LogP contribution in [0.1, 0.15) is 22.8 Å². The lowest BCUT2D eigenvalue weighted by atomic mass is 10.2. The van der Waals surface area contributed by atoms with Gasteiger partial charge in [-0.3, -0.25) is 5.10 Å². The van der Waals surface area contributed by atoms with Crippen LogP contribution in [-0.4, -0.2) is 26.9 Å². The van der Waals surface area contributed by atoms with Crippen LogP contribution in [0.25, 0.3) is 0 Å². The van der Waals surface area contributed by atoms with Gasteiger partial charge in [-0.05, 0) is 13.8 Å². The molecule has 0 aliphatic carbocycles. The van der Waals surface area contributed by atoms with Crippen LogP contribution in [0, 0.1) is 13.8 Å². The van der Waals surface area contributed by atoms with E-state index >= 15 is 0 Å². The number of aryl methyl sites for hydroxylation is 2. The van der Waals surface area contributed by atoms with E-state index in [1.807, 2.05) is 13.8 Å². The van der Waals surface area contributed by atoms with Crippen LogP contribution in [0.15, 0.2) is 10.9 Å². The summed E-state index contributed by atoms with van der Waals surface area (Å²) in [5.41, 5.74) is 3.39. The predicted molar refractivity (Wildman–Crippen MR) is 57.8 cm³/mol. The van der Waals surface area contributed by atoms with Crippen molar-refractivity contribution in [2.75, 3.05) is 6.54 Å². The second kappa shape index (κ2) is 4.89. The summed E-state index contributed by atoms with van der Waals surface area (Å²) in [7, 11) is 0. The van der Waals surface area contributed by atoms with E-state index < -0.39 is 0 Å². The van der Waals surface area contributed by atoms with Gasteiger partial charge in [0.2, 0.25) is 5.89 Å². The molecule has 16 heavy (non-hydrogen) atoms. The Labute approximate surface area is 93.4 Å². The molecule has 0 unspecified atom stereocenters. The first-order valence-electron chi connectivity index (χ1n) is 5.24. The highest BCUT2D eigenvalue weighted by atomic mass is 16.5. The van der Waals surface area contributed by atoms with Crippen molar-refractivity contribution in [3.8, 4) is 0 Å². The first-order valence-corrected chi connectivity index (χ1v) is 5.24. The van der Waals surface area contributed by atoms with Gasteiger partial charge in [0.1, 0.15) is 0 Å². The molecular formula is C10H15N5O. The second-order valence-corrected chi connectivity index (χ2v) is 3.67. The van der Waals surface area contributed by atoms with E-state index in [1.54, 1.807) is 0 Å². The molecule has 86 valence electrons. The minimum absolute atomic E-state index is 0.660. The fraction of sp³-hybridized carbons (Fsp3) is 0.500. The summed E-state index contributed by atoms with van der Waals surface area (Å²) in [5.74, 6) is 0.660. The molecular weight excluding hydrogens is 206 g/mol. The minimum atomic E-state index is 0.660. The first kappa shape index (κ1) is 10.8. The molecule has 0 aromatic carbocycles. The lowest BCUT2D eigenvalue weighted by molar-refractivity contribution is 0.375. The van der Waals surface area contributed by atoms with E-state index in [1.165, 1.54) is 11.9 Å². The molecule has 0 aliphatic rings. The fourth-order valence-corrected chi connectivity index (χ4v) is 1.55. The van der Waals surface area contributed by atoms with Crippen molar-refractivity contribution < 1.29 is 4.52 Å². The zero-order valence-electron chi connectivity index (χ0n) is 9.45. The van der Waals surface area contributed by atoms with Crippen molar-refractivity contribution in [2.24, 2.45) is 0 Å². The molecule has 0 atom stereocenters. The average molecular weight is 221 g/mol. The number of hydrogen-bond acceptors (Lipinski definition) is 5. The van der Waals surface area contributed by atoms with Gasteiger partial charge in [0.05, 0.1) is 5.69 Å².